The first kappa shape index (κ1) is 16.0. The van der Waals surface area contributed by atoms with Gasteiger partial charge in [-0.2, -0.15) is 0 Å². The number of carbonyl (C=O) groups is 2. The van der Waals surface area contributed by atoms with Crippen LogP contribution in [0.2, 0.25) is 0 Å². The van der Waals surface area contributed by atoms with E-state index in [1.54, 1.807) is 0 Å². The normalized spacial score (nSPS) is 11.7. The van der Waals surface area contributed by atoms with E-state index in [1.807, 2.05) is 0 Å². The number of aliphatic carboxylic acids is 1. The zero-order valence-corrected chi connectivity index (χ0v) is 12.3. The van der Waals surface area contributed by atoms with E-state index in [-0.39, 0.29) is 27.1 Å². The summed E-state index contributed by atoms with van der Waals surface area (Å²) in [5.41, 5.74) is 5.14. The Kier molecular flexibility index (Phi) is 3.92. The molecule has 9 heteroatoms. The molecule has 1 heterocycles. The van der Waals surface area contributed by atoms with Crippen LogP contribution in [0.15, 0.2) is 17.0 Å². The first-order chi connectivity index (χ1) is 10.1. The molecule has 1 amide bonds. The van der Waals surface area contributed by atoms with Gasteiger partial charge in [-0.3, -0.25) is 9.59 Å². The van der Waals surface area contributed by atoms with Crippen molar-refractivity contribution >= 4 is 32.6 Å². The van der Waals surface area contributed by atoms with Crippen molar-refractivity contribution < 1.29 is 27.5 Å². The van der Waals surface area contributed by atoms with Crippen LogP contribution in [0.3, 0.4) is 0 Å². The van der Waals surface area contributed by atoms with Gasteiger partial charge in [0.05, 0.1) is 11.3 Å². The minimum Gasteiger partial charge on any atom is -0.481 e. The SMILES string of the molecule is Cc1[nH]c2ccc(F)c(CC(=O)O)c2c1S(=O)(=O)CC(N)=O. The Bertz CT molecular complexity index is 885. The summed E-state index contributed by atoms with van der Waals surface area (Å²) in [4.78, 5) is 24.3. The summed E-state index contributed by atoms with van der Waals surface area (Å²) in [6.45, 7) is 1.44. The van der Waals surface area contributed by atoms with Gasteiger partial charge in [-0.15, -0.1) is 0 Å². The van der Waals surface area contributed by atoms with E-state index in [9.17, 15) is 22.4 Å². The Morgan fingerprint density at radius 3 is 2.55 bits per heavy atom. The van der Waals surface area contributed by atoms with Crippen LogP contribution in [-0.4, -0.2) is 36.1 Å². The number of aryl methyl sites for hydroxylation is 1. The lowest BCUT2D eigenvalue weighted by Crippen LogP contribution is -2.23. The molecule has 0 saturated heterocycles. The van der Waals surface area contributed by atoms with Crippen LogP contribution in [0.4, 0.5) is 4.39 Å². The second-order valence-corrected chi connectivity index (χ2v) is 6.75. The molecule has 0 fully saturated rings. The van der Waals surface area contributed by atoms with E-state index < -0.39 is 39.7 Å². The molecule has 2 aromatic rings. The highest BCUT2D eigenvalue weighted by Gasteiger charge is 2.27. The lowest BCUT2D eigenvalue weighted by molar-refractivity contribution is -0.136. The Labute approximate surface area is 124 Å². The van der Waals surface area contributed by atoms with Gasteiger partial charge in [-0.25, -0.2) is 12.8 Å². The van der Waals surface area contributed by atoms with Gasteiger partial charge < -0.3 is 15.8 Å². The molecule has 2 rings (SSSR count). The average Bonchev–Trinajstić information content (AvgIpc) is 2.68. The molecule has 1 aromatic heterocycles. The lowest BCUT2D eigenvalue weighted by atomic mass is 10.1. The van der Waals surface area contributed by atoms with E-state index in [1.165, 1.54) is 13.0 Å². The van der Waals surface area contributed by atoms with E-state index >= 15 is 0 Å². The number of H-pyrrole nitrogens is 1. The third kappa shape index (κ3) is 2.80. The van der Waals surface area contributed by atoms with Gasteiger partial charge in [0.25, 0.3) is 0 Å². The van der Waals surface area contributed by atoms with Crippen LogP contribution in [0, 0.1) is 12.7 Å². The molecule has 1 aromatic carbocycles. The number of carboxylic acid groups (broad SMARTS) is 1. The summed E-state index contributed by atoms with van der Waals surface area (Å²) in [5, 5.41) is 8.84. The summed E-state index contributed by atoms with van der Waals surface area (Å²) in [6, 6.07) is 2.37. The van der Waals surface area contributed by atoms with E-state index in [2.05, 4.69) is 4.98 Å². The van der Waals surface area contributed by atoms with Crippen LogP contribution >= 0.6 is 0 Å². The number of aromatic nitrogens is 1. The van der Waals surface area contributed by atoms with Gasteiger partial charge in [0.2, 0.25) is 5.91 Å². The highest BCUT2D eigenvalue weighted by atomic mass is 32.2. The van der Waals surface area contributed by atoms with Crippen LogP contribution in [0.1, 0.15) is 11.3 Å². The fourth-order valence-corrected chi connectivity index (χ4v) is 3.99. The van der Waals surface area contributed by atoms with Crippen molar-refractivity contribution in [3.63, 3.8) is 0 Å². The maximum atomic E-state index is 14.0. The standard InChI is InChI=1S/C13H13FN2O5S/c1-6-13(22(20,21)5-10(15)17)12-7(4-11(18)19)8(14)2-3-9(12)16-6/h2-3,16H,4-5H2,1H3,(H2,15,17)(H,18,19). The first-order valence-electron chi connectivity index (χ1n) is 6.16. The number of hydrogen-bond donors (Lipinski definition) is 3. The minimum atomic E-state index is -4.11. The molecule has 7 nitrogen and oxygen atoms in total. The quantitative estimate of drug-likeness (QED) is 0.736. The van der Waals surface area contributed by atoms with Crippen LogP contribution in [0.25, 0.3) is 10.9 Å². The molecule has 22 heavy (non-hydrogen) atoms. The van der Waals surface area contributed by atoms with Crippen molar-refractivity contribution in [1.82, 2.24) is 4.98 Å². The molecule has 0 saturated carbocycles. The summed E-state index contributed by atoms with van der Waals surface area (Å²) in [5.74, 6) is -4.12. The topological polar surface area (TPSA) is 130 Å². The van der Waals surface area contributed by atoms with E-state index in [4.69, 9.17) is 10.8 Å². The van der Waals surface area contributed by atoms with Crippen molar-refractivity contribution in [3.8, 4) is 0 Å². The number of amides is 1. The molecular weight excluding hydrogens is 315 g/mol. The molecular formula is C13H13FN2O5S. The first-order valence-corrected chi connectivity index (χ1v) is 7.81. The largest absolute Gasteiger partial charge is 0.481 e. The molecule has 0 unspecified atom stereocenters. The van der Waals surface area contributed by atoms with Gasteiger partial charge in [0, 0.05) is 22.2 Å². The fraction of sp³-hybridized carbons (Fsp3) is 0.231. The molecule has 4 N–H and O–H groups in total. The number of fused-ring (bicyclic) bond motifs is 1. The van der Waals surface area contributed by atoms with Crippen molar-refractivity contribution in [2.24, 2.45) is 5.73 Å². The van der Waals surface area contributed by atoms with E-state index in [0.29, 0.717) is 0 Å². The minimum absolute atomic E-state index is 0.0545. The van der Waals surface area contributed by atoms with Crippen LogP contribution < -0.4 is 5.73 Å². The predicted octanol–water partition coefficient (Wildman–Crippen LogP) is 0.502. The third-order valence-electron chi connectivity index (χ3n) is 3.12. The number of carbonyl (C=O) groups excluding carboxylic acids is 1. The average molecular weight is 328 g/mol. The monoisotopic (exact) mass is 328 g/mol. The van der Waals surface area contributed by atoms with Gasteiger partial charge in [-0.1, -0.05) is 0 Å². The smallest absolute Gasteiger partial charge is 0.307 e. The van der Waals surface area contributed by atoms with Gasteiger partial charge in [0.1, 0.15) is 11.6 Å². The molecule has 0 radical (unpaired) electrons. The number of hydrogen-bond acceptors (Lipinski definition) is 4. The number of halogens is 1. The molecule has 0 bridgehead atoms. The second kappa shape index (κ2) is 5.41. The predicted molar refractivity (Wildman–Crippen MR) is 75.6 cm³/mol. The summed E-state index contributed by atoms with van der Waals surface area (Å²) in [7, 11) is -4.11. The number of benzene rings is 1. The third-order valence-corrected chi connectivity index (χ3v) is 4.91. The summed E-state index contributed by atoms with van der Waals surface area (Å²) in [6.07, 6.45) is -0.681. The molecule has 0 aliphatic carbocycles. The highest BCUT2D eigenvalue weighted by molar-refractivity contribution is 7.92. The van der Waals surface area contributed by atoms with Gasteiger partial charge in [-0.05, 0) is 19.1 Å². The van der Waals surface area contributed by atoms with Crippen molar-refractivity contribution in [2.75, 3.05) is 5.75 Å². The number of primary amides is 1. The Balaban J connectivity index is 2.85. The van der Waals surface area contributed by atoms with Crippen molar-refractivity contribution in [1.29, 1.82) is 0 Å². The summed E-state index contributed by atoms with van der Waals surface area (Å²) >= 11 is 0. The van der Waals surface area contributed by atoms with E-state index in [0.717, 1.165) is 6.07 Å². The maximum Gasteiger partial charge on any atom is 0.307 e. The highest BCUT2D eigenvalue weighted by Crippen LogP contribution is 2.32. The molecule has 0 aliphatic heterocycles. The molecule has 118 valence electrons. The Morgan fingerprint density at radius 2 is 2.00 bits per heavy atom. The van der Waals surface area contributed by atoms with Crippen LogP contribution in [-0.2, 0) is 25.8 Å². The number of nitrogens with one attached hydrogen (secondary N) is 1. The zero-order valence-electron chi connectivity index (χ0n) is 11.5. The number of aromatic amines is 1. The maximum absolute atomic E-state index is 14.0. The Hall–Kier alpha value is -2.42. The molecule has 0 spiro atoms. The van der Waals surface area contributed by atoms with Crippen molar-refractivity contribution in [2.45, 2.75) is 18.2 Å². The second-order valence-electron chi connectivity index (χ2n) is 4.82. The molecule has 0 aliphatic rings. The lowest BCUT2D eigenvalue weighted by Gasteiger charge is -2.07. The Morgan fingerprint density at radius 1 is 1.36 bits per heavy atom. The van der Waals surface area contributed by atoms with Gasteiger partial charge in [0.15, 0.2) is 9.84 Å². The number of nitrogens with two attached hydrogens (primary N) is 1. The van der Waals surface area contributed by atoms with Gasteiger partial charge >= 0.3 is 5.97 Å². The molecule has 0 atom stereocenters. The summed E-state index contributed by atoms with van der Waals surface area (Å²) < 4.78 is 38.6. The number of rotatable bonds is 5. The number of carboxylic acids is 1. The zero-order chi connectivity index (χ0) is 16.7. The van der Waals surface area contributed by atoms with Crippen LogP contribution in [0.5, 0.6) is 0 Å². The van der Waals surface area contributed by atoms with Crippen molar-refractivity contribution in [3.05, 3.63) is 29.2 Å². The fourth-order valence-electron chi connectivity index (χ4n) is 2.40. The number of sulfone groups is 1.